The van der Waals surface area contributed by atoms with E-state index in [4.69, 9.17) is 4.74 Å². The van der Waals surface area contributed by atoms with Gasteiger partial charge in [0.05, 0.1) is 18.4 Å². The van der Waals surface area contributed by atoms with Crippen LogP contribution in [0.4, 0.5) is 0 Å². The second-order valence-electron chi connectivity index (χ2n) is 5.85. The van der Waals surface area contributed by atoms with Gasteiger partial charge in [-0.1, -0.05) is 23.8 Å². The Bertz CT molecular complexity index is 872. The summed E-state index contributed by atoms with van der Waals surface area (Å²) >= 11 is 0. The van der Waals surface area contributed by atoms with E-state index in [0.29, 0.717) is 12.2 Å². The van der Waals surface area contributed by atoms with Gasteiger partial charge in [-0.3, -0.25) is 4.79 Å². The molecule has 0 fully saturated rings. The molecule has 0 unspecified atom stereocenters. The number of rotatable bonds is 3. The van der Waals surface area contributed by atoms with Crippen LogP contribution < -0.4 is 4.74 Å². The molecule has 1 heterocycles. The SMILES string of the molecule is COc1ccc2c(c1)CC(=O)N(S(=O)(=O)c1ccc(C)cc1)CC2. The lowest BCUT2D eigenvalue weighted by Crippen LogP contribution is -2.37. The zero-order valence-electron chi connectivity index (χ0n) is 13.7. The molecule has 1 aliphatic rings. The second kappa shape index (κ2) is 6.28. The molecule has 1 aliphatic heterocycles. The minimum absolute atomic E-state index is 0.0532. The van der Waals surface area contributed by atoms with Gasteiger partial charge >= 0.3 is 0 Å². The fraction of sp³-hybridized carbons (Fsp3) is 0.278. The summed E-state index contributed by atoms with van der Waals surface area (Å²) in [5.74, 6) is 0.249. The van der Waals surface area contributed by atoms with Crippen LogP contribution in [0.25, 0.3) is 0 Å². The summed E-state index contributed by atoms with van der Waals surface area (Å²) in [4.78, 5) is 12.7. The maximum Gasteiger partial charge on any atom is 0.266 e. The average Bonchev–Trinajstić information content (AvgIpc) is 2.72. The van der Waals surface area contributed by atoms with Gasteiger partial charge in [-0.05, 0) is 48.7 Å². The zero-order chi connectivity index (χ0) is 17.3. The molecular weight excluding hydrogens is 326 g/mol. The van der Waals surface area contributed by atoms with E-state index < -0.39 is 15.9 Å². The van der Waals surface area contributed by atoms with Gasteiger partial charge in [0.2, 0.25) is 5.91 Å². The van der Waals surface area contributed by atoms with Crippen LogP contribution in [-0.4, -0.2) is 32.3 Å². The lowest BCUT2D eigenvalue weighted by Gasteiger charge is -2.20. The van der Waals surface area contributed by atoms with Crippen molar-refractivity contribution in [3.05, 3.63) is 59.2 Å². The number of fused-ring (bicyclic) bond motifs is 1. The number of carbonyl (C=O) groups is 1. The van der Waals surface area contributed by atoms with Gasteiger partial charge in [-0.15, -0.1) is 0 Å². The molecule has 1 amide bonds. The Morgan fingerprint density at radius 2 is 1.75 bits per heavy atom. The quantitative estimate of drug-likeness (QED) is 0.856. The summed E-state index contributed by atoms with van der Waals surface area (Å²) in [6.45, 7) is 2.03. The number of ether oxygens (including phenoxy) is 1. The maximum atomic E-state index is 12.8. The molecule has 0 saturated carbocycles. The number of aryl methyl sites for hydroxylation is 1. The summed E-state index contributed by atoms with van der Waals surface area (Å²) in [6.07, 6.45) is 0.549. The van der Waals surface area contributed by atoms with E-state index in [1.54, 1.807) is 37.4 Å². The van der Waals surface area contributed by atoms with Crippen LogP contribution in [0.15, 0.2) is 47.4 Å². The average molecular weight is 345 g/mol. The van der Waals surface area contributed by atoms with Crippen LogP contribution in [0, 0.1) is 6.92 Å². The van der Waals surface area contributed by atoms with Crippen LogP contribution in [0.3, 0.4) is 0 Å². The van der Waals surface area contributed by atoms with Gasteiger partial charge in [0.25, 0.3) is 10.0 Å². The minimum Gasteiger partial charge on any atom is -0.497 e. The highest BCUT2D eigenvalue weighted by Gasteiger charge is 2.31. The molecule has 0 N–H and O–H groups in total. The largest absolute Gasteiger partial charge is 0.497 e. The van der Waals surface area contributed by atoms with Crippen molar-refractivity contribution in [3.63, 3.8) is 0 Å². The molecule has 6 heteroatoms. The molecule has 0 spiro atoms. The number of sulfonamides is 1. The van der Waals surface area contributed by atoms with Gasteiger partial charge in [0, 0.05) is 6.54 Å². The highest BCUT2D eigenvalue weighted by Crippen LogP contribution is 2.25. The molecule has 2 aromatic rings. The monoisotopic (exact) mass is 345 g/mol. The number of amides is 1. The first-order chi connectivity index (χ1) is 11.4. The topological polar surface area (TPSA) is 63.7 Å². The number of carbonyl (C=O) groups excluding carboxylic acids is 1. The third-order valence-electron chi connectivity index (χ3n) is 4.23. The minimum atomic E-state index is -3.83. The summed E-state index contributed by atoms with van der Waals surface area (Å²) < 4.78 is 31.8. The predicted molar refractivity (Wildman–Crippen MR) is 90.5 cm³/mol. The molecule has 2 aromatic carbocycles. The number of hydrogen-bond acceptors (Lipinski definition) is 4. The lowest BCUT2D eigenvalue weighted by molar-refractivity contribution is -0.125. The molecule has 0 aromatic heterocycles. The Morgan fingerprint density at radius 3 is 2.42 bits per heavy atom. The van der Waals surface area contributed by atoms with Gasteiger partial charge in [-0.25, -0.2) is 12.7 Å². The molecule has 3 rings (SSSR count). The van der Waals surface area contributed by atoms with Crippen LogP contribution in [0.5, 0.6) is 5.75 Å². The molecule has 0 bridgehead atoms. The Labute approximate surface area is 141 Å². The van der Waals surface area contributed by atoms with Crippen molar-refractivity contribution in [2.45, 2.75) is 24.7 Å². The predicted octanol–water partition coefficient (Wildman–Crippen LogP) is 2.32. The smallest absolute Gasteiger partial charge is 0.266 e. The number of benzene rings is 2. The standard InChI is InChI=1S/C18H19NO4S/c1-13-3-7-17(8-4-13)24(21,22)19-10-9-14-5-6-16(23-2)11-15(14)12-18(19)20/h3-8,11H,9-10,12H2,1-2H3. The highest BCUT2D eigenvalue weighted by molar-refractivity contribution is 7.89. The third kappa shape index (κ3) is 3.01. The maximum absolute atomic E-state index is 12.8. The van der Waals surface area contributed by atoms with E-state index in [0.717, 1.165) is 21.0 Å². The molecule has 24 heavy (non-hydrogen) atoms. The van der Waals surface area contributed by atoms with Crippen molar-refractivity contribution < 1.29 is 17.9 Å². The summed E-state index contributed by atoms with van der Waals surface area (Å²) in [5.41, 5.74) is 2.77. The highest BCUT2D eigenvalue weighted by atomic mass is 32.2. The van der Waals surface area contributed by atoms with Gasteiger partial charge in [0.1, 0.15) is 5.75 Å². The second-order valence-corrected chi connectivity index (χ2v) is 7.71. The number of hydrogen-bond donors (Lipinski definition) is 0. The van der Waals surface area contributed by atoms with Crippen molar-refractivity contribution in [1.82, 2.24) is 4.31 Å². The molecular formula is C18H19NO4S. The van der Waals surface area contributed by atoms with Crippen LogP contribution >= 0.6 is 0 Å². The lowest BCUT2D eigenvalue weighted by atomic mass is 10.0. The molecule has 0 aliphatic carbocycles. The van der Waals surface area contributed by atoms with Crippen LogP contribution in [0.1, 0.15) is 16.7 Å². The molecule has 5 nitrogen and oxygen atoms in total. The Kier molecular flexibility index (Phi) is 4.32. The van der Waals surface area contributed by atoms with Crippen molar-refractivity contribution in [2.24, 2.45) is 0 Å². The molecule has 126 valence electrons. The first-order valence-corrected chi connectivity index (χ1v) is 9.14. The third-order valence-corrected chi connectivity index (χ3v) is 6.06. The summed E-state index contributed by atoms with van der Waals surface area (Å²) in [7, 11) is -2.27. The van der Waals surface area contributed by atoms with E-state index >= 15 is 0 Å². The Hall–Kier alpha value is -2.34. The normalized spacial score (nSPS) is 14.9. The molecule has 0 radical (unpaired) electrons. The van der Waals surface area contributed by atoms with E-state index in [1.165, 1.54) is 0 Å². The van der Waals surface area contributed by atoms with Crippen molar-refractivity contribution in [3.8, 4) is 5.75 Å². The zero-order valence-corrected chi connectivity index (χ0v) is 14.5. The van der Waals surface area contributed by atoms with E-state index in [1.807, 2.05) is 19.1 Å². The first kappa shape index (κ1) is 16.5. The van der Waals surface area contributed by atoms with Crippen LogP contribution in [0.2, 0.25) is 0 Å². The summed E-state index contributed by atoms with van der Waals surface area (Å²) in [6, 6.07) is 12.1. The van der Waals surface area contributed by atoms with Gasteiger partial charge in [-0.2, -0.15) is 0 Å². The van der Waals surface area contributed by atoms with Crippen LogP contribution in [-0.2, 0) is 27.7 Å². The van der Waals surface area contributed by atoms with Crippen molar-refractivity contribution in [2.75, 3.05) is 13.7 Å². The number of nitrogens with zero attached hydrogens (tertiary/aromatic N) is 1. The molecule has 0 saturated heterocycles. The fourth-order valence-electron chi connectivity index (χ4n) is 2.83. The number of methoxy groups -OCH3 is 1. The van der Waals surface area contributed by atoms with Crippen molar-refractivity contribution >= 4 is 15.9 Å². The van der Waals surface area contributed by atoms with Gasteiger partial charge in [0.15, 0.2) is 0 Å². The Morgan fingerprint density at radius 1 is 1.04 bits per heavy atom. The van der Waals surface area contributed by atoms with E-state index in [2.05, 4.69) is 0 Å². The van der Waals surface area contributed by atoms with Gasteiger partial charge < -0.3 is 4.74 Å². The fourth-order valence-corrected chi connectivity index (χ4v) is 4.23. The Balaban J connectivity index is 1.93. The summed E-state index contributed by atoms with van der Waals surface area (Å²) in [5, 5.41) is 0. The molecule has 0 atom stereocenters. The van der Waals surface area contributed by atoms with E-state index in [-0.39, 0.29) is 17.9 Å². The van der Waals surface area contributed by atoms with E-state index in [9.17, 15) is 13.2 Å². The first-order valence-electron chi connectivity index (χ1n) is 7.70. The van der Waals surface area contributed by atoms with Crippen molar-refractivity contribution in [1.29, 1.82) is 0 Å².